The van der Waals surface area contributed by atoms with Crippen molar-refractivity contribution < 1.29 is 9.90 Å². The second kappa shape index (κ2) is 6.67. The zero-order valence-corrected chi connectivity index (χ0v) is 13.4. The van der Waals surface area contributed by atoms with Crippen LogP contribution in [0.25, 0.3) is 0 Å². The molecule has 1 aliphatic rings. The topological polar surface area (TPSA) is 52.6 Å². The minimum absolute atomic E-state index is 0.0801. The van der Waals surface area contributed by atoms with E-state index in [9.17, 15) is 9.90 Å². The average Bonchev–Trinajstić information content (AvgIpc) is 2.88. The zero-order valence-electron chi connectivity index (χ0n) is 12.6. The van der Waals surface area contributed by atoms with Gasteiger partial charge in [-0.15, -0.1) is 0 Å². The first kappa shape index (κ1) is 16.1. The van der Waals surface area contributed by atoms with E-state index in [1.54, 1.807) is 6.92 Å². The van der Waals surface area contributed by atoms with Crippen LogP contribution in [0.15, 0.2) is 24.3 Å². The van der Waals surface area contributed by atoms with Gasteiger partial charge >= 0.3 is 0 Å². The van der Waals surface area contributed by atoms with Crippen LogP contribution in [-0.2, 0) is 4.79 Å². The molecule has 0 spiro atoms. The third kappa shape index (κ3) is 4.11. The molecule has 2 atom stereocenters. The van der Waals surface area contributed by atoms with Crippen molar-refractivity contribution in [2.24, 2.45) is 0 Å². The van der Waals surface area contributed by atoms with Gasteiger partial charge in [-0.1, -0.05) is 24.9 Å². The molecule has 1 fully saturated rings. The number of hydrogen-bond donors (Lipinski definition) is 2. The van der Waals surface area contributed by atoms with Crippen molar-refractivity contribution in [3.8, 4) is 0 Å². The molecule has 2 N–H and O–H groups in total. The largest absolute Gasteiger partial charge is 0.380 e. The molecule has 0 saturated carbocycles. The summed E-state index contributed by atoms with van der Waals surface area (Å²) < 4.78 is 0. The molecule has 1 amide bonds. The third-order valence-corrected chi connectivity index (χ3v) is 4.19. The smallest absolute Gasteiger partial charge is 0.251 e. The van der Waals surface area contributed by atoms with Crippen molar-refractivity contribution in [1.29, 1.82) is 0 Å². The Bertz CT molecular complexity index is 488. The maximum atomic E-state index is 12.1. The zero-order chi connectivity index (χ0) is 15.5. The van der Waals surface area contributed by atoms with E-state index in [-0.39, 0.29) is 11.9 Å². The quantitative estimate of drug-likeness (QED) is 0.879. The lowest BCUT2D eigenvalue weighted by Gasteiger charge is -2.24. The van der Waals surface area contributed by atoms with E-state index in [1.165, 1.54) is 0 Å². The van der Waals surface area contributed by atoms with Crippen LogP contribution >= 0.6 is 11.6 Å². The predicted octanol–water partition coefficient (Wildman–Crippen LogP) is 2.59. The van der Waals surface area contributed by atoms with Crippen molar-refractivity contribution in [3.63, 3.8) is 0 Å². The second-order valence-corrected chi connectivity index (χ2v) is 6.34. The van der Waals surface area contributed by atoms with Gasteiger partial charge in [0.15, 0.2) is 0 Å². The summed E-state index contributed by atoms with van der Waals surface area (Å²) in [6, 6.07) is 7.79. The number of aliphatic hydroxyl groups is 1. The van der Waals surface area contributed by atoms with E-state index >= 15 is 0 Å². The standard InChI is InChI=1S/C16H23ClN2O2/c1-3-9-16(2,21)15(20)18-13-8-10-19(11-13)14-6-4-12(17)5-7-14/h4-7,13,21H,3,8-11H2,1-2H3,(H,18,20). The molecule has 2 rings (SSSR count). The number of amides is 1. The Kier molecular flexibility index (Phi) is 5.12. The summed E-state index contributed by atoms with van der Waals surface area (Å²) in [5, 5.41) is 13.8. The predicted molar refractivity (Wildman–Crippen MR) is 85.7 cm³/mol. The van der Waals surface area contributed by atoms with Crippen molar-refractivity contribution in [2.75, 3.05) is 18.0 Å². The van der Waals surface area contributed by atoms with Gasteiger partial charge in [-0.25, -0.2) is 0 Å². The Hall–Kier alpha value is -1.26. The maximum absolute atomic E-state index is 12.1. The molecule has 0 radical (unpaired) electrons. The first-order chi connectivity index (χ1) is 9.92. The molecule has 1 aromatic rings. The summed E-state index contributed by atoms with van der Waals surface area (Å²) in [6.07, 6.45) is 2.14. The number of benzene rings is 1. The summed E-state index contributed by atoms with van der Waals surface area (Å²) in [5.41, 5.74) is -0.168. The van der Waals surface area contributed by atoms with E-state index in [1.807, 2.05) is 31.2 Å². The molecular formula is C16H23ClN2O2. The van der Waals surface area contributed by atoms with E-state index in [4.69, 9.17) is 11.6 Å². The van der Waals surface area contributed by atoms with Gasteiger partial charge in [0.1, 0.15) is 5.60 Å². The van der Waals surface area contributed by atoms with Crippen molar-refractivity contribution >= 4 is 23.2 Å². The Morgan fingerprint density at radius 2 is 2.14 bits per heavy atom. The number of nitrogens with one attached hydrogen (secondary N) is 1. The first-order valence-electron chi connectivity index (χ1n) is 7.46. The molecule has 116 valence electrons. The molecule has 1 saturated heterocycles. The highest BCUT2D eigenvalue weighted by atomic mass is 35.5. The van der Waals surface area contributed by atoms with Crippen LogP contribution in [0.3, 0.4) is 0 Å². The number of rotatable bonds is 5. The van der Waals surface area contributed by atoms with Gasteiger partial charge in [-0.2, -0.15) is 0 Å². The first-order valence-corrected chi connectivity index (χ1v) is 7.84. The second-order valence-electron chi connectivity index (χ2n) is 5.91. The number of carbonyl (C=O) groups excluding carboxylic acids is 1. The maximum Gasteiger partial charge on any atom is 0.251 e. The molecule has 0 aromatic heterocycles. The monoisotopic (exact) mass is 310 g/mol. The number of nitrogens with zero attached hydrogens (tertiary/aromatic N) is 1. The Morgan fingerprint density at radius 1 is 1.48 bits per heavy atom. The summed E-state index contributed by atoms with van der Waals surface area (Å²) in [6.45, 7) is 5.19. The lowest BCUT2D eigenvalue weighted by Crippen LogP contribution is -2.49. The Morgan fingerprint density at radius 3 is 2.76 bits per heavy atom. The number of halogens is 1. The highest BCUT2D eigenvalue weighted by molar-refractivity contribution is 6.30. The minimum Gasteiger partial charge on any atom is -0.380 e. The van der Waals surface area contributed by atoms with Gasteiger partial charge in [0.2, 0.25) is 0 Å². The SMILES string of the molecule is CCCC(C)(O)C(=O)NC1CCN(c2ccc(Cl)cc2)C1. The number of carbonyl (C=O) groups is 1. The van der Waals surface area contributed by atoms with Crippen LogP contribution in [0.4, 0.5) is 5.69 Å². The molecule has 4 nitrogen and oxygen atoms in total. The van der Waals surface area contributed by atoms with Crippen molar-refractivity contribution in [2.45, 2.75) is 44.8 Å². The van der Waals surface area contributed by atoms with E-state index in [0.29, 0.717) is 6.42 Å². The summed E-state index contributed by atoms with van der Waals surface area (Å²) in [4.78, 5) is 14.3. The van der Waals surface area contributed by atoms with Gasteiger partial charge in [-0.3, -0.25) is 4.79 Å². The van der Waals surface area contributed by atoms with Gasteiger partial charge in [-0.05, 0) is 44.0 Å². The Labute approximate surface area is 131 Å². The highest BCUT2D eigenvalue weighted by Gasteiger charge is 2.32. The van der Waals surface area contributed by atoms with Gasteiger partial charge in [0.25, 0.3) is 5.91 Å². The summed E-state index contributed by atoms with van der Waals surface area (Å²) >= 11 is 5.89. The number of hydrogen-bond acceptors (Lipinski definition) is 3. The van der Waals surface area contributed by atoms with Crippen molar-refractivity contribution in [3.05, 3.63) is 29.3 Å². The molecule has 0 bridgehead atoms. The van der Waals surface area contributed by atoms with E-state index in [2.05, 4.69) is 10.2 Å². The number of anilines is 1. The molecule has 1 aliphatic heterocycles. The van der Waals surface area contributed by atoms with Gasteiger partial charge in [0, 0.05) is 29.8 Å². The fourth-order valence-electron chi connectivity index (χ4n) is 2.71. The lowest BCUT2D eigenvalue weighted by molar-refractivity contribution is -0.139. The van der Waals surface area contributed by atoms with Crippen LogP contribution in [0.5, 0.6) is 0 Å². The van der Waals surface area contributed by atoms with Crippen LogP contribution in [-0.4, -0.2) is 35.7 Å². The fourth-order valence-corrected chi connectivity index (χ4v) is 2.83. The normalized spacial score (nSPS) is 21.1. The van der Waals surface area contributed by atoms with Gasteiger partial charge in [0.05, 0.1) is 0 Å². The molecule has 2 unspecified atom stereocenters. The molecule has 1 heterocycles. The van der Waals surface area contributed by atoms with Crippen LogP contribution in [0.1, 0.15) is 33.1 Å². The fraction of sp³-hybridized carbons (Fsp3) is 0.562. The minimum atomic E-state index is -1.28. The lowest BCUT2D eigenvalue weighted by atomic mass is 9.99. The van der Waals surface area contributed by atoms with Crippen LogP contribution in [0, 0.1) is 0 Å². The van der Waals surface area contributed by atoms with Crippen LogP contribution < -0.4 is 10.2 Å². The molecule has 21 heavy (non-hydrogen) atoms. The molecule has 0 aliphatic carbocycles. The van der Waals surface area contributed by atoms with Crippen LogP contribution in [0.2, 0.25) is 5.02 Å². The van der Waals surface area contributed by atoms with Gasteiger partial charge < -0.3 is 15.3 Å². The molecule has 5 heteroatoms. The average molecular weight is 311 g/mol. The third-order valence-electron chi connectivity index (χ3n) is 3.94. The molecular weight excluding hydrogens is 288 g/mol. The van der Waals surface area contributed by atoms with Crippen molar-refractivity contribution in [1.82, 2.24) is 5.32 Å². The Balaban J connectivity index is 1.91. The van der Waals surface area contributed by atoms with E-state index in [0.717, 1.165) is 36.6 Å². The highest BCUT2D eigenvalue weighted by Crippen LogP contribution is 2.23. The van der Waals surface area contributed by atoms with E-state index < -0.39 is 5.60 Å². The summed E-state index contributed by atoms with van der Waals surface area (Å²) in [7, 11) is 0. The summed E-state index contributed by atoms with van der Waals surface area (Å²) in [5.74, 6) is -0.271. The molecule has 1 aromatic carbocycles.